The van der Waals surface area contributed by atoms with Gasteiger partial charge in [-0.15, -0.1) is 22.7 Å². The van der Waals surface area contributed by atoms with Gasteiger partial charge in [0.15, 0.2) is 5.43 Å². The van der Waals surface area contributed by atoms with Crippen LogP contribution in [0.2, 0.25) is 0 Å². The molecule has 1 aromatic carbocycles. The van der Waals surface area contributed by atoms with E-state index in [4.69, 9.17) is 0 Å². The van der Waals surface area contributed by atoms with Gasteiger partial charge >= 0.3 is 0 Å². The van der Waals surface area contributed by atoms with E-state index < -0.39 is 0 Å². The Bertz CT molecular complexity index is 740. The first kappa shape index (κ1) is 11.6. The van der Waals surface area contributed by atoms with E-state index in [-0.39, 0.29) is 11.2 Å². The Hall–Kier alpha value is -1.52. The maximum Gasteiger partial charge on any atom is 0.198 e. The van der Waals surface area contributed by atoms with Crippen molar-refractivity contribution in [1.29, 1.82) is 0 Å². The highest BCUT2D eigenvalue weighted by molar-refractivity contribution is 7.25. The van der Waals surface area contributed by atoms with Crippen LogP contribution in [0.4, 0.5) is 4.39 Å². The Morgan fingerprint density at radius 2 is 1.89 bits per heavy atom. The summed E-state index contributed by atoms with van der Waals surface area (Å²) in [5.74, 6) is -0.236. The molecule has 0 saturated carbocycles. The highest BCUT2D eigenvalue weighted by atomic mass is 32.1. The minimum absolute atomic E-state index is 0.0795. The third kappa shape index (κ3) is 2.21. The number of hydrogen-bond donors (Lipinski definition) is 0. The molecule has 3 rings (SSSR count). The van der Waals surface area contributed by atoms with E-state index in [2.05, 4.69) is 0 Å². The van der Waals surface area contributed by atoms with Crippen molar-refractivity contribution < 1.29 is 4.39 Å². The van der Waals surface area contributed by atoms with E-state index in [9.17, 15) is 9.18 Å². The second kappa shape index (κ2) is 4.63. The largest absolute Gasteiger partial charge is 0.288 e. The molecule has 1 nitrogen and oxygen atoms in total. The molecule has 3 aromatic rings. The Balaban J connectivity index is 1.99. The fraction of sp³-hybridized carbons (Fsp3) is 0.0714. The Morgan fingerprint density at radius 1 is 1.11 bits per heavy atom. The average molecular weight is 276 g/mol. The Kier molecular flexibility index (Phi) is 2.97. The highest BCUT2D eigenvalue weighted by Crippen LogP contribution is 2.25. The lowest BCUT2D eigenvalue weighted by molar-refractivity contribution is 0.627. The first-order valence-corrected chi connectivity index (χ1v) is 7.17. The minimum atomic E-state index is -0.236. The molecule has 2 aromatic heterocycles. The van der Waals surface area contributed by atoms with Crippen LogP contribution in [0.15, 0.2) is 46.6 Å². The van der Waals surface area contributed by atoms with Crippen LogP contribution in [0.1, 0.15) is 10.4 Å². The van der Waals surface area contributed by atoms with Crippen LogP contribution < -0.4 is 5.43 Å². The van der Waals surface area contributed by atoms with E-state index in [0.717, 1.165) is 19.8 Å². The minimum Gasteiger partial charge on any atom is -0.288 e. The maximum absolute atomic E-state index is 12.8. The zero-order chi connectivity index (χ0) is 12.5. The summed E-state index contributed by atoms with van der Waals surface area (Å²) in [5.41, 5.74) is 1.09. The third-order valence-electron chi connectivity index (χ3n) is 2.68. The molecular weight excluding hydrogens is 267 g/mol. The van der Waals surface area contributed by atoms with Crippen molar-refractivity contribution >= 4 is 32.1 Å². The topological polar surface area (TPSA) is 17.1 Å². The first-order valence-electron chi connectivity index (χ1n) is 5.47. The van der Waals surface area contributed by atoms with E-state index in [0.29, 0.717) is 6.42 Å². The summed E-state index contributed by atoms with van der Waals surface area (Å²) in [5, 5.41) is 1.93. The normalized spacial score (nSPS) is 10.9. The Labute approximate surface area is 111 Å². The van der Waals surface area contributed by atoms with Crippen molar-refractivity contribution in [2.75, 3.05) is 0 Å². The summed E-state index contributed by atoms with van der Waals surface area (Å²) in [4.78, 5) is 12.9. The van der Waals surface area contributed by atoms with Crippen LogP contribution in [-0.2, 0) is 6.42 Å². The summed E-state index contributed by atoms with van der Waals surface area (Å²) >= 11 is 3.10. The molecular formula is C14H9FOS2. The number of fused-ring (bicyclic) bond motifs is 1. The molecule has 0 amide bonds. The molecule has 0 saturated heterocycles. The molecule has 0 aliphatic carbocycles. The van der Waals surface area contributed by atoms with E-state index in [1.807, 2.05) is 11.4 Å². The molecule has 90 valence electrons. The summed E-state index contributed by atoms with van der Waals surface area (Å²) in [6.07, 6.45) is 0.673. The van der Waals surface area contributed by atoms with Gasteiger partial charge in [-0.3, -0.25) is 4.79 Å². The Morgan fingerprint density at radius 3 is 2.67 bits per heavy atom. The lowest BCUT2D eigenvalue weighted by Gasteiger charge is -2.01. The van der Waals surface area contributed by atoms with Crippen molar-refractivity contribution in [3.8, 4) is 0 Å². The molecule has 0 N–H and O–H groups in total. The zero-order valence-corrected chi connectivity index (χ0v) is 11.0. The molecule has 0 atom stereocenters. The monoisotopic (exact) mass is 276 g/mol. The number of benzene rings is 1. The molecule has 4 heteroatoms. The molecule has 0 spiro atoms. The first-order chi connectivity index (χ1) is 8.72. The van der Waals surface area contributed by atoms with Gasteiger partial charge in [-0.05, 0) is 29.1 Å². The van der Waals surface area contributed by atoms with Crippen LogP contribution in [-0.4, -0.2) is 0 Å². The van der Waals surface area contributed by atoms with Gasteiger partial charge in [0.1, 0.15) is 5.82 Å². The lowest BCUT2D eigenvalue weighted by atomic mass is 10.1. The van der Waals surface area contributed by atoms with Gasteiger partial charge in [-0.25, -0.2) is 4.39 Å². The average Bonchev–Trinajstić information content (AvgIpc) is 2.81. The summed E-state index contributed by atoms with van der Waals surface area (Å²) in [6, 6.07) is 10.1. The van der Waals surface area contributed by atoms with Gasteiger partial charge in [0, 0.05) is 22.1 Å². The van der Waals surface area contributed by atoms with E-state index in [1.165, 1.54) is 23.5 Å². The van der Waals surface area contributed by atoms with Crippen molar-refractivity contribution in [1.82, 2.24) is 0 Å². The van der Waals surface area contributed by atoms with E-state index in [1.54, 1.807) is 29.5 Å². The third-order valence-corrected chi connectivity index (χ3v) is 4.82. The van der Waals surface area contributed by atoms with Crippen LogP contribution in [0.5, 0.6) is 0 Å². The van der Waals surface area contributed by atoms with Crippen LogP contribution in [0.25, 0.3) is 9.40 Å². The maximum atomic E-state index is 12.8. The molecule has 0 fully saturated rings. The van der Waals surface area contributed by atoms with Crippen LogP contribution >= 0.6 is 22.7 Å². The van der Waals surface area contributed by atoms with Gasteiger partial charge < -0.3 is 0 Å². The zero-order valence-electron chi connectivity index (χ0n) is 9.35. The summed E-state index contributed by atoms with van der Waals surface area (Å²) in [7, 11) is 0. The van der Waals surface area contributed by atoms with Crippen LogP contribution in [0.3, 0.4) is 0 Å². The predicted octanol–water partition coefficient (Wildman–Crippen LogP) is 4.05. The van der Waals surface area contributed by atoms with Gasteiger partial charge in [-0.2, -0.15) is 0 Å². The number of hydrogen-bond acceptors (Lipinski definition) is 3. The smallest absolute Gasteiger partial charge is 0.198 e. The van der Waals surface area contributed by atoms with Crippen molar-refractivity contribution in [2.45, 2.75) is 6.42 Å². The predicted molar refractivity (Wildman–Crippen MR) is 75.2 cm³/mol. The second-order valence-electron chi connectivity index (χ2n) is 3.99. The standard InChI is InChI=1S/C14H9FOS2/c15-10-3-1-9(2-4-10)7-11-8-12(16)14-13(18-11)5-6-17-14/h1-6,8H,7H2. The fourth-order valence-corrected chi connectivity index (χ4v) is 3.90. The van der Waals surface area contributed by atoms with E-state index >= 15 is 0 Å². The summed E-state index contributed by atoms with van der Waals surface area (Å²) < 4.78 is 14.7. The SMILES string of the molecule is O=c1cc(Cc2ccc(F)cc2)sc2ccsc12. The summed E-state index contributed by atoms with van der Waals surface area (Å²) in [6.45, 7) is 0. The molecule has 0 unspecified atom stereocenters. The van der Waals surface area contributed by atoms with Gasteiger partial charge in [-0.1, -0.05) is 12.1 Å². The number of halogens is 1. The van der Waals surface area contributed by atoms with Crippen molar-refractivity contribution in [3.05, 3.63) is 68.3 Å². The lowest BCUT2D eigenvalue weighted by Crippen LogP contribution is -1.98. The molecule has 0 bridgehead atoms. The van der Waals surface area contributed by atoms with Crippen LogP contribution in [0, 0.1) is 5.82 Å². The van der Waals surface area contributed by atoms with Gasteiger partial charge in [0.2, 0.25) is 0 Å². The van der Waals surface area contributed by atoms with Crippen molar-refractivity contribution in [2.24, 2.45) is 0 Å². The molecule has 0 aliphatic heterocycles. The van der Waals surface area contributed by atoms with Crippen molar-refractivity contribution in [3.63, 3.8) is 0 Å². The molecule has 18 heavy (non-hydrogen) atoms. The molecule has 0 aliphatic rings. The number of rotatable bonds is 2. The quantitative estimate of drug-likeness (QED) is 0.690. The highest BCUT2D eigenvalue weighted by Gasteiger charge is 2.05. The molecule has 2 heterocycles. The van der Waals surface area contributed by atoms with Gasteiger partial charge in [0.05, 0.1) is 4.70 Å². The fourth-order valence-electron chi connectivity index (χ4n) is 1.83. The van der Waals surface area contributed by atoms with Gasteiger partial charge in [0.25, 0.3) is 0 Å². The second-order valence-corrected chi connectivity index (χ2v) is 6.08. The number of thiophene rings is 1. The molecule has 0 radical (unpaired) electrons.